The minimum absolute atomic E-state index is 0.137. The Morgan fingerprint density at radius 3 is 2.50 bits per heavy atom. The molecule has 22 heavy (non-hydrogen) atoms. The summed E-state index contributed by atoms with van der Waals surface area (Å²) in [6.45, 7) is 0.193. The predicted octanol–water partition coefficient (Wildman–Crippen LogP) is 3.26. The number of sulfonamides is 1. The molecule has 0 spiro atoms. The van der Waals surface area contributed by atoms with Crippen LogP contribution in [0.4, 0.5) is 4.39 Å². The molecule has 118 valence electrons. The zero-order valence-electron chi connectivity index (χ0n) is 11.3. The Bertz CT molecular complexity index is 751. The van der Waals surface area contributed by atoms with Gasteiger partial charge in [-0.25, -0.2) is 17.5 Å². The molecule has 2 aromatic carbocycles. The van der Waals surface area contributed by atoms with Crippen molar-refractivity contribution in [2.45, 2.75) is 9.79 Å². The average molecular weight is 362 g/mol. The first-order valence-electron chi connectivity index (χ1n) is 6.25. The summed E-state index contributed by atoms with van der Waals surface area (Å²) in [5.74, 6) is -0.684. The SMILES string of the molecule is O=S(=O)(NCCSc1ccc(O)c(F)c1)c1ccc(Cl)cc1. The van der Waals surface area contributed by atoms with Crippen molar-refractivity contribution in [1.29, 1.82) is 0 Å². The number of aromatic hydroxyl groups is 1. The Kier molecular flexibility index (Phi) is 5.69. The van der Waals surface area contributed by atoms with Crippen LogP contribution in [0.25, 0.3) is 0 Å². The number of thioether (sulfide) groups is 1. The molecule has 0 aromatic heterocycles. The summed E-state index contributed by atoms with van der Waals surface area (Å²) < 4.78 is 39.6. The Morgan fingerprint density at radius 2 is 1.86 bits per heavy atom. The van der Waals surface area contributed by atoms with E-state index >= 15 is 0 Å². The van der Waals surface area contributed by atoms with E-state index in [9.17, 15) is 12.8 Å². The fraction of sp³-hybridized carbons (Fsp3) is 0.143. The number of halogens is 2. The molecule has 0 unspecified atom stereocenters. The van der Waals surface area contributed by atoms with Crippen molar-refractivity contribution in [1.82, 2.24) is 4.72 Å². The smallest absolute Gasteiger partial charge is 0.240 e. The Labute approximate surface area is 137 Å². The highest BCUT2D eigenvalue weighted by atomic mass is 35.5. The third-order valence-electron chi connectivity index (χ3n) is 2.71. The molecule has 0 aliphatic carbocycles. The van der Waals surface area contributed by atoms with Crippen molar-refractivity contribution < 1.29 is 17.9 Å². The van der Waals surface area contributed by atoms with Gasteiger partial charge in [0.15, 0.2) is 11.6 Å². The molecule has 0 aliphatic rings. The van der Waals surface area contributed by atoms with Crippen molar-refractivity contribution in [3.8, 4) is 5.75 Å². The van der Waals surface area contributed by atoms with E-state index < -0.39 is 21.6 Å². The normalized spacial score (nSPS) is 11.5. The molecule has 2 rings (SSSR count). The van der Waals surface area contributed by atoms with E-state index in [0.717, 1.165) is 0 Å². The molecule has 2 aromatic rings. The maximum absolute atomic E-state index is 13.1. The van der Waals surface area contributed by atoms with Crippen molar-refractivity contribution >= 4 is 33.4 Å². The number of phenols is 1. The lowest BCUT2D eigenvalue weighted by molar-refractivity contribution is 0.431. The Morgan fingerprint density at radius 1 is 1.18 bits per heavy atom. The standard InChI is InChI=1S/C14H13ClFNO3S2/c15-10-1-4-12(5-2-10)22(19,20)17-7-8-21-11-3-6-14(18)13(16)9-11/h1-6,9,17-18H,7-8H2. The van der Waals surface area contributed by atoms with Crippen LogP contribution in [0.1, 0.15) is 0 Å². The topological polar surface area (TPSA) is 66.4 Å². The first-order chi connectivity index (χ1) is 10.4. The summed E-state index contributed by atoms with van der Waals surface area (Å²) in [7, 11) is -3.58. The maximum Gasteiger partial charge on any atom is 0.240 e. The van der Waals surface area contributed by atoms with Gasteiger partial charge in [0.2, 0.25) is 10.0 Å². The molecule has 0 aliphatic heterocycles. The second-order valence-electron chi connectivity index (χ2n) is 4.31. The zero-order valence-corrected chi connectivity index (χ0v) is 13.7. The van der Waals surface area contributed by atoms with Gasteiger partial charge in [0.05, 0.1) is 4.90 Å². The molecule has 0 fully saturated rings. The minimum Gasteiger partial charge on any atom is -0.505 e. The van der Waals surface area contributed by atoms with Crippen LogP contribution in [0.5, 0.6) is 5.75 Å². The Balaban J connectivity index is 1.87. The fourth-order valence-corrected chi connectivity index (χ4v) is 3.70. The summed E-state index contributed by atoms with van der Waals surface area (Å²) in [4.78, 5) is 0.749. The molecule has 8 heteroatoms. The fourth-order valence-electron chi connectivity index (χ4n) is 1.62. The summed E-state index contributed by atoms with van der Waals surface area (Å²) in [5, 5.41) is 9.54. The zero-order chi connectivity index (χ0) is 16.2. The van der Waals surface area contributed by atoms with Gasteiger partial charge < -0.3 is 5.11 Å². The lowest BCUT2D eigenvalue weighted by Gasteiger charge is -2.07. The van der Waals surface area contributed by atoms with Crippen LogP contribution in [0.2, 0.25) is 5.02 Å². The monoisotopic (exact) mass is 361 g/mol. The number of nitrogens with one attached hydrogen (secondary N) is 1. The average Bonchev–Trinajstić information content (AvgIpc) is 2.48. The van der Waals surface area contributed by atoms with E-state index in [1.165, 1.54) is 48.2 Å². The number of phenolic OH excluding ortho intramolecular Hbond substituents is 1. The number of benzene rings is 2. The Hall–Kier alpha value is -1.28. The van der Waals surface area contributed by atoms with Crippen LogP contribution in [0.15, 0.2) is 52.3 Å². The second-order valence-corrected chi connectivity index (χ2v) is 7.69. The van der Waals surface area contributed by atoms with Crippen LogP contribution >= 0.6 is 23.4 Å². The van der Waals surface area contributed by atoms with Crippen LogP contribution in [0, 0.1) is 5.82 Å². The molecular weight excluding hydrogens is 349 g/mol. The predicted molar refractivity (Wildman–Crippen MR) is 85.4 cm³/mol. The molecule has 2 N–H and O–H groups in total. The molecule has 0 saturated carbocycles. The maximum atomic E-state index is 13.1. The van der Waals surface area contributed by atoms with Gasteiger partial charge in [-0.05, 0) is 42.5 Å². The van der Waals surface area contributed by atoms with E-state index in [0.29, 0.717) is 15.7 Å². The molecule has 0 heterocycles. The quantitative estimate of drug-likeness (QED) is 0.612. The third-order valence-corrected chi connectivity index (χ3v) is 5.43. The molecule has 0 radical (unpaired) electrons. The molecule has 0 bridgehead atoms. The van der Waals surface area contributed by atoms with Gasteiger partial charge in [-0.2, -0.15) is 0 Å². The van der Waals surface area contributed by atoms with Gasteiger partial charge in [-0.15, -0.1) is 11.8 Å². The van der Waals surface area contributed by atoms with Gasteiger partial charge in [0.25, 0.3) is 0 Å². The van der Waals surface area contributed by atoms with Gasteiger partial charge in [0, 0.05) is 22.2 Å². The lowest BCUT2D eigenvalue weighted by atomic mass is 10.3. The highest BCUT2D eigenvalue weighted by Gasteiger charge is 2.12. The molecule has 0 atom stereocenters. The van der Waals surface area contributed by atoms with E-state index in [2.05, 4.69) is 4.72 Å². The van der Waals surface area contributed by atoms with Gasteiger partial charge in [0.1, 0.15) is 0 Å². The summed E-state index contributed by atoms with van der Waals surface area (Å²) in [5.41, 5.74) is 0. The van der Waals surface area contributed by atoms with Crippen molar-refractivity contribution in [3.63, 3.8) is 0 Å². The van der Waals surface area contributed by atoms with E-state index in [-0.39, 0.29) is 11.4 Å². The highest BCUT2D eigenvalue weighted by Crippen LogP contribution is 2.23. The van der Waals surface area contributed by atoms with E-state index in [4.69, 9.17) is 16.7 Å². The number of rotatable bonds is 6. The van der Waals surface area contributed by atoms with Crippen LogP contribution in [0.3, 0.4) is 0 Å². The molecule has 0 saturated heterocycles. The van der Waals surface area contributed by atoms with E-state index in [1.807, 2.05) is 0 Å². The van der Waals surface area contributed by atoms with Crippen molar-refractivity contribution in [2.24, 2.45) is 0 Å². The summed E-state index contributed by atoms with van der Waals surface area (Å²) >= 11 is 7.00. The molecular formula is C14H13ClFNO3S2. The summed E-state index contributed by atoms with van der Waals surface area (Å²) in [6.07, 6.45) is 0. The largest absolute Gasteiger partial charge is 0.505 e. The number of hydrogen-bond acceptors (Lipinski definition) is 4. The number of hydrogen-bond donors (Lipinski definition) is 2. The van der Waals surface area contributed by atoms with Crippen LogP contribution < -0.4 is 4.72 Å². The molecule has 0 amide bonds. The molecule has 4 nitrogen and oxygen atoms in total. The van der Waals surface area contributed by atoms with Crippen LogP contribution in [-0.4, -0.2) is 25.8 Å². The first-order valence-corrected chi connectivity index (χ1v) is 9.10. The first kappa shape index (κ1) is 17.1. The van der Waals surface area contributed by atoms with Crippen molar-refractivity contribution in [3.05, 3.63) is 53.3 Å². The lowest BCUT2D eigenvalue weighted by Crippen LogP contribution is -2.25. The minimum atomic E-state index is -3.58. The van der Waals surface area contributed by atoms with Crippen LogP contribution in [-0.2, 0) is 10.0 Å². The van der Waals surface area contributed by atoms with Crippen molar-refractivity contribution in [2.75, 3.05) is 12.3 Å². The second kappa shape index (κ2) is 7.32. The third kappa shape index (κ3) is 4.61. The van der Waals surface area contributed by atoms with Gasteiger partial charge >= 0.3 is 0 Å². The van der Waals surface area contributed by atoms with Gasteiger partial charge in [-0.3, -0.25) is 0 Å². The van der Waals surface area contributed by atoms with E-state index in [1.54, 1.807) is 6.07 Å². The highest BCUT2D eigenvalue weighted by molar-refractivity contribution is 7.99. The summed E-state index contributed by atoms with van der Waals surface area (Å²) in [6, 6.07) is 9.88. The van der Waals surface area contributed by atoms with Gasteiger partial charge in [-0.1, -0.05) is 11.6 Å².